The van der Waals surface area contributed by atoms with Crippen molar-refractivity contribution in [2.24, 2.45) is 5.41 Å². The number of ether oxygens (including phenoxy) is 1. The van der Waals surface area contributed by atoms with E-state index < -0.39 is 15.3 Å². The minimum absolute atomic E-state index is 0.143. The van der Waals surface area contributed by atoms with Crippen LogP contribution in [-0.4, -0.2) is 41.7 Å². The van der Waals surface area contributed by atoms with Crippen LogP contribution in [0.5, 0.6) is 5.75 Å². The molecule has 0 aliphatic carbocycles. The third kappa shape index (κ3) is 7.32. The molecule has 0 aliphatic heterocycles. The molecule has 0 saturated heterocycles. The van der Waals surface area contributed by atoms with Crippen LogP contribution in [0.15, 0.2) is 47.4 Å². The number of carbonyl (C=O) groups is 1. The van der Waals surface area contributed by atoms with E-state index in [1.807, 2.05) is 55.4 Å². The van der Waals surface area contributed by atoms with Gasteiger partial charge in [0.15, 0.2) is 9.84 Å². The number of hydrogen-bond donors (Lipinski definition) is 0. The highest BCUT2D eigenvalue weighted by Gasteiger charge is 2.36. The predicted octanol–water partition coefficient (Wildman–Crippen LogP) is 5.69. The molecule has 0 unspecified atom stereocenters. The maximum Gasteiger partial charge on any atom is 0.179 e. The Hall–Kier alpha value is -2.34. The smallest absolute Gasteiger partial charge is 0.179 e. The first-order chi connectivity index (χ1) is 15.7. The molecule has 0 spiro atoms. The monoisotopic (exact) mass is 473 g/mol. The Morgan fingerprint density at radius 3 is 2.21 bits per heavy atom. The van der Waals surface area contributed by atoms with Crippen LogP contribution in [0.3, 0.4) is 0 Å². The van der Waals surface area contributed by atoms with E-state index in [1.54, 1.807) is 13.2 Å². The van der Waals surface area contributed by atoms with Crippen LogP contribution >= 0.6 is 0 Å². The van der Waals surface area contributed by atoms with Crippen molar-refractivity contribution in [1.29, 1.82) is 0 Å². The number of sulfone groups is 1. The van der Waals surface area contributed by atoms with E-state index in [1.165, 1.54) is 0 Å². The predicted molar refractivity (Wildman–Crippen MR) is 136 cm³/mol. The quantitative estimate of drug-likeness (QED) is 0.330. The maximum absolute atomic E-state index is 13.8. The average molecular weight is 474 g/mol. The highest BCUT2D eigenvalue weighted by molar-refractivity contribution is 7.91. The summed E-state index contributed by atoms with van der Waals surface area (Å²) in [7, 11) is 1.81. The van der Waals surface area contributed by atoms with Crippen molar-refractivity contribution < 1.29 is 17.9 Å². The summed E-state index contributed by atoms with van der Waals surface area (Å²) in [5, 5.41) is 0. The Balaban J connectivity index is 2.51. The van der Waals surface area contributed by atoms with Gasteiger partial charge in [-0.15, -0.1) is 0 Å². The minimum Gasteiger partial charge on any atom is -0.497 e. The zero-order chi connectivity index (χ0) is 24.5. The molecule has 2 rings (SSSR count). The Kier molecular flexibility index (Phi) is 9.96. The van der Waals surface area contributed by atoms with Crippen LogP contribution in [0.4, 0.5) is 5.69 Å². The van der Waals surface area contributed by atoms with Gasteiger partial charge in [0, 0.05) is 25.2 Å². The summed E-state index contributed by atoms with van der Waals surface area (Å²) in [4.78, 5) is 14.5. The molecule has 2 aromatic rings. The average Bonchev–Trinajstić information content (AvgIpc) is 2.80. The standard InChI is InChI=1S/C27H39NO4S/c1-6-8-15-27(20-29,16-9-7-2)21-33(30,31)26-14-13-24(28(3)4)19-23(26)17-22-11-10-12-25(18-22)32-5/h10-14,18-20H,6-9,15-17,21H2,1-5H3. The minimum atomic E-state index is -3.68. The van der Waals surface area contributed by atoms with Crippen LogP contribution < -0.4 is 9.64 Å². The summed E-state index contributed by atoms with van der Waals surface area (Å²) < 4.78 is 32.8. The summed E-state index contributed by atoms with van der Waals surface area (Å²) in [5.74, 6) is 0.593. The largest absolute Gasteiger partial charge is 0.497 e. The lowest BCUT2D eigenvalue weighted by Crippen LogP contribution is -2.32. The molecule has 0 fully saturated rings. The van der Waals surface area contributed by atoms with Crippen molar-refractivity contribution in [3.63, 3.8) is 0 Å². The number of unbranched alkanes of at least 4 members (excludes halogenated alkanes) is 2. The molecular weight excluding hydrogens is 434 g/mol. The number of hydrogen-bond acceptors (Lipinski definition) is 5. The van der Waals surface area contributed by atoms with E-state index in [4.69, 9.17) is 4.74 Å². The van der Waals surface area contributed by atoms with Gasteiger partial charge in [0.1, 0.15) is 12.0 Å². The normalized spacial score (nSPS) is 11.9. The second-order valence-corrected chi connectivity index (χ2v) is 11.1. The zero-order valence-electron chi connectivity index (χ0n) is 20.8. The van der Waals surface area contributed by atoms with Gasteiger partial charge in [-0.2, -0.15) is 0 Å². The Morgan fingerprint density at radius 2 is 1.67 bits per heavy atom. The molecule has 33 heavy (non-hydrogen) atoms. The van der Waals surface area contributed by atoms with Gasteiger partial charge in [-0.25, -0.2) is 8.42 Å². The van der Waals surface area contributed by atoms with Gasteiger partial charge in [0.05, 0.1) is 17.8 Å². The lowest BCUT2D eigenvalue weighted by Gasteiger charge is -2.28. The van der Waals surface area contributed by atoms with E-state index in [0.29, 0.717) is 24.2 Å². The molecule has 0 N–H and O–H groups in total. The van der Waals surface area contributed by atoms with Crippen LogP contribution in [0.1, 0.15) is 63.5 Å². The van der Waals surface area contributed by atoms with Crippen LogP contribution in [-0.2, 0) is 21.1 Å². The molecule has 0 saturated carbocycles. The Labute approximate surface area is 200 Å². The van der Waals surface area contributed by atoms with Crippen molar-refractivity contribution in [2.45, 2.75) is 63.7 Å². The number of aldehydes is 1. The van der Waals surface area contributed by atoms with Crippen LogP contribution in [0.25, 0.3) is 0 Å². The van der Waals surface area contributed by atoms with Gasteiger partial charge in [-0.05, 0) is 60.7 Å². The topological polar surface area (TPSA) is 63.7 Å². The highest BCUT2D eigenvalue weighted by atomic mass is 32.2. The van der Waals surface area contributed by atoms with Crippen molar-refractivity contribution in [3.8, 4) is 5.75 Å². The number of anilines is 1. The lowest BCUT2D eigenvalue weighted by molar-refractivity contribution is -0.116. The molecule has 6 heteroatoms. The number of nitrogens with zero attached hydrogens (tertiary/aromatic N) is 1. The Bertz CT molecular complexity index is 1010. The third-order valence-corrected chi connectivity index (χ3v) is 8.23. The number of carbonyl (C=O) groups excluding carboxylic acids is 1. The molecule has 0 radical (unpaired) electrons. The molecule has 0 aromatic heterocycles. The maximum atomic E-state index is 13.8. The molecule has 0 amide bonds. The first-order valence-corrected chi connectivity index (χ1v) is 13.5. The van der Waals surface area contributed by atoms with Gasteiger partial charge in [0.2, 0.25) is 0 Å². The summed E-state index contributed by atoms with van der Waals surface area (Å²) >= 11 is 0. The van der Waals surface area contributed by atoms with Crippen LogP contribution in [0.2, 0.25) is 0 Å². The fourth-order valence-corrected chi connectivity index (χ4v) is 6.30. The molecular formula is C27H39NO4S. The SMILES string of the molecule is CCCCC(C=O)(CCCC)CS(=O)(=O)c1ccc(N(C)C)cc1Cc1cccc(OC)c1. The van der Waals surface area contributed by atoms with Crippen molar-refractivity contribution >= 4 is 21.8 Å². The van der Waals surface area contributed by atoms with Gasteiger partial charge in [0.25, 0.3) is 0 Å². The van der Waals surface area contributed by atoms with E-state index >= 15 is 0 Å². The zero-order valence-corrected chi connectivity index (χ0v) is 21.6. The summed E-state index contributed by atoms with van der Waals surface area (Å²) in [6.07, 6.45) is 6.13. The first kappa shape index (κ1) is 26.9. The fraction of sp³-hybridized carbons (Fsp3) is 0.519. The number of methoxy groups -OCH3 is 1. The number of rotatable bonds is 14. The van der Waals surface area contributed by atoms with E-state index in [-0.39, 0.29) is 5.75 Å². The molecule has 0 aliphatic rings. The molecule has 5 nitrogen and oxygen atoms in total. The van der Waals surface area contributed by atoms with Gasteiger partial charge in [-0.3, -0.25) is 0 Å². The second-order valence-electron chi connectivity index (χ2n) is 9.16. The van der Waals surface area contributed by atoms with Gasteiger partial charge in [-0.1, -0.05) is 51.7 Å². The highest BCUT2D eigenvalue weighted by Crippen LogP contribution is 2.35. The molecule has 182 valence electrons. The van der Waals surface area contributed by atoms with Crippen molar-refractivity contribution in [1.82, 2.24) is 0 Å². The number of benzene rings is 2. The van der Waals surface area contributed by atoms with E-state index in [0.717, 1.165) is 54.5 Å². The summed E-state index contributed by atoms with van der Waals surface area (Å²) in [6, 6.07) is 13.2. The van der Waals surface area contributed by atoms with Gasteiger partial charge >= 0.3 is 0 Å². The molecule has 2 aromatic carbocycles. The molecule has 0 atom stereocenters. The molecule has 0 bridgehead atoms. The van der Waals surface area contributed by atoms with E-state index in [9.17, 15) is 13.2 Å². The van der Waals surface area contributed by atoms with Crippen molar-refractivity contribution in [3.05, 3.63) is 53.6 Å². The van der Waals surface area contributed by atoms with Gasteiger partial charge < -0.3 is 14.4 Å². The van der Waals surface area contributed by atoms with Crippen molar-refractivity contribution in [2.75, 3.05) is 31.9 Å². The van der Waals surface area contributed by atoms with E-state index in [2.05, 4.69) is 13.8 Å². The Morgan fingerprint density at radius 1 is 1.00 bits per heavy atom. The summed E-state index contributed by atoms with van der Waals surface area (Å²) in [5.41, 5.74) is 1.81. The van der Waals surface area contributed by atoms with Crippen LogP contribution in [0, 0.1) is 5.41 Å². The summed E-state index contributed by atoms with van der Waals surface area (Å²) in [6.45, 7) is 4.13. The third-order valence-electron chi connectivity index (χ3n) is 6.21. The molecule has 0 heterocycles. The fourth-order valence-electron chi connectivity index (χ4n) is 4.22. The second kappa shape index (κ2) is 12.2. The first-order valence-electron chi connectivity index (χ1n) is 11.8. The lowest BCUT2D eigenvalue weighted by atomic mass is 9.81.